The minimum absolute atomic E-state index is 0.0720. The fraction of sp³-hybridized carbons (Fsp3) is 0.562. The van der Waals surface area contributed by atoms with Crippen LogP contribution in [0, 0.1) is 17.8 Å². The maximum Gasteiger partial charge on any atom is 0.309 e. The SMILES string of the molecule is CCCCC(CC)COC(=O)C(CCC(CC(C)C(=O)O)c1ccccc1)C(CC)c1ccccc1. The van der Waals surface area contributed by atoms with Crippen molar-refractivity contribution in [2.45, 2.75) is 90.9 Å². The number of esters is 1. The first kappa shape index (κ1) is 29.6. The van der Waals surface area contributed by atoms with Crippen LogP contribution in [0.3, 0.4) is 0 Å². The van der Waals surface area contributed by atoms with Gasteiger partial charge in [-0.1, -0.05) is 108 Å². The van der Waals surface area contributed by atoms with Crippen molar-refractivity contribution in [2.75, 3.05) is 6.61 Å². The normalized spacial score (nSPS) is 15.4. The van der Waals surface area contributed by atoms with Crippen LogP contribution < -0.4 is 0 Å². The first-order valence-corrected chi connectivity index (χ1v) is 13.9. The molecule has 5 atom stereocenters. The number of rotatable bonds is 17. The average Bonchev–Trinajstić information content (AvgIpc) is 2.91. The third-order valence-corrected chi connectivity index (χ3v) is 7.62. The van der Waals surface area contributed by atoms with Gasteiger partial charge >= 0.3 is 11.9 Å². The van der Waals surface area contributed by atoms with Crippen molar-refractivity contribution < 1.29 is 19.4 Å². The zero-order chi connectivity index (χ0) is 26.3. The zero-order valence-electron chi connectivity index (χ0n) is 22.7. The molecule has 0 spiro atoms. The molecule has 4 heteroatoms. The Morgan fingerprint density at radius 1 is 0.833 bits per heavy atom. The summed E-state index contributed by atoms with van der Waals surface area (Å²) in [6, 6.07) is 20.4. The van der Waals surface area contributed by atoms with Crippen molar-refractivity contribution in [1.29, 1.82) is 0 Å². The smallest absolute Gasteiger partial charge is 0.309 e. The maximum absolute atomic E-state index is 13.6. The van der Waals surface area contributed by atoms with E-state index in [1.165, 1.54) is 0 Å². The Balaban J connectivity index is 2.25. The fourth-order valence-electron chi connectivity index (χ4n) is 5.20. The van der Waals surface area contributed by atoms with Gasteiger partial charge in [0.1, 0.15) is 0 Å². The second-order valence-electron chi connectivity index (χ2n) is 10.2. The van der Waals surface area contributed by atoms with Crippen LogP contribution in [0.1, 0.15) is 102 Å². The molecule has 0 heterocycles. The Hall–Kier alpha value is -2.62. The number of carboxylic acids is 1. The van der Waals surface area contributed by atoms with Crippen molar-refractivity contribution in [2.24, 2.45) is 17.8 Å². The third-order valence-electron chi connectivity index (χ3n) is 7.62. The molecule has 2 rings (SSSR count). The van der Waals surface area contributed by atoms with Gasteiger partial charge in [-0.15, -0.1) is 0 Å². The summed E-state index contributed by atoms with van der Waals surface area (Å²) in [7, 11) is 0. The number of carbonyl (C=O) groups excluding carboxylic acids is 1. The lowest BCUT2D eigenvalue weighted by Crippen LogP contribution is -2.27. The van der Waals surface area contributed by atoms with Crippen LogP contribution in [0.2, 0.25) is 0 Å². The number of hydrogen-bond acceptors (Lipinski definition) is 3. The number of aliphatic carboxylic acids is 1. The Morgan fingerprint density at radius 2 is 1.44 bits per heavy atom. The van der Waals surface area contributed by atoms with Crippen LogP contribution in [0.15, 0.2) is 60.7 Å². The summed E-state index contributed by atoms with van der Waals surface area (Å²) in [6.45, 7) is 8.74. The lowest BCUT2D eigenvalue weighted by molar-refractivity contribution is -0.151. The Bertz CT molecular complexity index is 880. The van der Waals surface area contributed by atoms with E-state index in [1.807, 2.05) is 36.4 Å². The predicted molar refractivity (Wildman–Crippen MR) is 147 cm³/mol. The van der Waals surface area contributed by atoms with Crippen LogP contribution in [0.25, 0.3) is 0 Å². The second kappa shape index (κ2) is 16.2. The van der Waals surface area contributed by atoms with E-state index in [0.29, 0.717) is 25.4 Å². The zero-order valence-corrected chi connectivity index (χ0v) is 22.7. The Morgan fingerprint density at radius 3 is 1.97 bits per heavy atom. The van der Waals surface area contributed by atoms with E-state index in [4.69, 9.17) is 4.74 Å². The number of hydrogen-bond donors (Lipinski definition) is 1. The molecule has 5 unspecified atom stereocenters. The van der Waals surface area contributed by atoms with Gasteiger partial charge in [0.2, 0.25) is 0 Å². The van der Waals surface area contributed by atoms with E-state index in [0.717, 1.165) is 49.7 Å². The summed E-state index contributed by atoms with van der Waals surface area (Å²) in [5, 5.41) is 9.55. The highest BCUT2D eigenvalue weighted by Gasteiger charge is 2.31. The van der Waals surface area contributed by atoms with Crippen molar-refractivity contribution >= 4 is 11.9 Å². The number of carboxylic acid groups (broad SMARTS) is 1. The number of ether oxygens (including phenoxy) is 1. The van der Waals surface area contributed by atoms with E-state index in [2.05, 4.69) is 45.0 Å². The predicted octanol–water partition coefficient (Wildman–Crippen LogP) is 8.23. The molecule has 0 bridgehead atoms. The highest BCUT2D eigenvalue weighted by atomic mass is 16.5. The quantitative estimate of drug-likeness (QED) is 0.225. The van der Waals surface area contributed by atoms with Gasteiger partial charge in [-0.3, -0.25) is 9.59 Å². The van der Waals surface area contributed by atoms with Crippen LogP contribution >= 0.6 is 0 Å². The molecule has 198 valence electrons. The van der Waals surface area contributed by atoms with Gasteiger partial charge in [0.25, 0.3) is 0 Å². The van der Waals surface area contributed by atoms with Gasteiger partial charge in [0, 0.05) is 0 Å². The molecule has 0 fully saturated rings. The van der Waals surface area contributed by atoms with Crippen LogP contribution in [-0.4, -0.2) is 23.7 Å². The van der Waals surface area contributed by atoms with E-state index >= 15 is 0 Å². The number of unbranched alkanes of at least 4 members (excludes halogenated alkanes) is 1. The van der Waals surface area contributed by atoms with Crippen molar-refractivity contribution in [3.05, 3.63) is 71.8 Å². The minimum atomic E-state index is -0.778. The molecule has 0 aromatic heterocycles. The Labute approximate surface area is 218 Å². The first-order valence-electron chi connectivity index (χ1n) is 13.9. The lowest BCUT2D eigenvalue weighted by Gasteiger charge is -2.28. The minimum Gasteiger partial charge on any atom is -0.481 e. The second-order valence-corrected chi connectivity index (χ2v) is 10.2. The van der Waals surface area contributed by atoms with Crippen LogP contribution in [-0.2, 0) is 14.3 Å². The van der Waals surface area contributed by atoms with Crippen molar-refractivity contribution in [3.8, 4) is 0 Å². The molecule has 0 saturated carbocycles. The van der Waals surface area contributed by atoms with Gasteiger partial charge in [-0.2, -0.15) is 0 Å². The van der Waals surface area contributed by atoms with E-state index < -0.39 is 11.9 Å². The van der Waals surface area contributed by atoms with Gasteiger partial charge in [0.05, 0.1) is 18.4 Å². The van der Waals surface area contributed by atoms with Crippen LogP contribution in [0.4, 0.5) is 0 Å². The maximum atomic E-state index is 13.6. The monoisotopic (exact) mass is 494 g/mol. The Kier molecular flexibility index (Phi) is 13.3. The van der Waals surface area contributed by atoms with Gasteiger partial charge in [0.15, 0.2) is 0 Å². The van der Waals surface area contributed by atoms with Crippen LogP contribution in [0.5, 0.6) is 0 Å². The molecular weight excluding hydrogens is 448 g/mol. The van der Waals surface area contributed by atoms with Crippen molar-refractivity contribution in [3.63, 3.8) is 0 Å². The highest BCUT2D eigenvalue weighted by molar-refractivity contribution is 5.74. The van der Waals surface area contributed by atoms with Crippen molar-refractivity contribution in [1.82, 2.24) is 0 Å². The molecule has 36 heavy (non-hydrogen) atoms. The summed E-state index contributed by atoms with van der Waals surface area (Å²) >= 11 is 0. The van der Waals surface area contributed by atoms with E-state index in [-0.39, 0.29) is 23.7 Å². The molecule has 0 aliphatic heterocycles. The summed E-state index contributed by atoms with van der Waals surface area (Å²) in [5.74, 6) is -1.04. The summed E-state index contributed by atoms with van der Waals surface area (Å²) in [6.07, 6.45) is 7.22. The molecule has 2 aromatic rings. The fourth-order valence-corrected chi connectivity index (χ4v) is 5.20. The topological polar surface area (TPSA) is 63.6 Å². The molecule has 0 amide bonds. The molecular formula is C32H46O4. The third kappa shape index (κ3) is 9.44. The van der Waals surface area contributed by atoms with Gasteiger partial charge in [-0.05, 0) is 61.0 Å². The number of carbonyl (C=O) groups is 2. The largest absolute Gasteiger partial charge is 0.481 e. The standard InChI is InChI=1S/C32H46O4/c1-5-8-15-25(6-2)23-36-32(35)30(29(7-3)27-18-13-10-14-19-27)21-20-28(22-24(4)31(33)34)26-16-11-9-12-17-26/h9-14,16-19,24-25,28-30H,5-8,15,20-23H2,1-4H3,(H,33,34). The molecule has 0 radical (unpaired) electrons. The molecule has 1 N–H and O–H groups in total. The summed E-state index contributed by atoms with van der Waals surface area (Å²) in [5.41, 5.74) is 2.30. The number of benzene rings is 2. The molecule has 2 aromatic carbocycles. The first-order chi connectivity index (χ1) is 17.4. The van der Waals surface area contributed by atoms with E-state index in [9.17, 15) is 14.7 Å². The lowest BCUT2D eigenvalue weighted by atomic mass is 9.78. The average molecular weight is 495 g/mol. The highest BCUT2D eigenvalue weighted by Crippen LogP contribution is 2.37. The molecule has 0 aliphatic carbocycles. The van der Waals surface area contributed by atoms with Gasteiger partial charge in [-0.25, -0.2) is 0 Å². The molecule has 4 nitrogen and oxygen atoms in total. The summed E-state index contributed by atoms with van der Waals surface area (Å²) < 4.78 is 5.98. The molecule has 0 aliphatic rings. The van der Waals surface area contributed by atoms with E-state index in [1.54, 1.807) is 6.92 Å². The summed E-state index contributed by atoms with van der Waals surface area (Å²) in [4.78, 5) is 25.2. The molecule has 0 saturated heterocycles. The van der Waals surface area contributed by atoms with Gasteiger partial charge < -0.3 is 9.84 Å².